The van der Waals surface area contributed by atoms with E-state index in [4.69, 9.17) is 4.42 Å². The van der Waals surface area contributed by atoms with Gasteiger partial charge in [-0.15, -0.1) is 0 Å². The number of nitrogens with zero attached hydrogens (tertiary/aromatic N) is 3. The van der Waals surface area contributed by atoms with Crippen LogP contribution in [0.15, 0.2) is 108 Å². The maximum absolute atomic E-state index is 9.26. The van der Waals surface area contributed by atoms with Crippen molar-refractivity contribution in [3.63, 3.8) is 0 Å². The summed E-state index contributed by atoms with van der Waals surface area (Å²) in [7, 11) is 0. The van der Waals surface area contributed by atoms with E-state index in [1.165, 1.54) is 10.8 Å². The van der Waals surface area contributed by atoms with Crippen LogP contribution in [0.2, 0.25) is 0 Å². The van der Waals surface area contributed by atoms with E-state index in [0.717, 1.165) is 49.8 Å². The average molecular weight is 435 g/mol. The summed E-state index contributed by atoms with van der Waals surface area (Å²) in [5.41, 5.74) is 7.47. The van der Waals surface area contributed by atoms with Crippen LogP contribution in [0.1, 0.15) is 5.69 Å². The van der Waals surface area contributed by atoms with Crippen LogP contribution < -0.4 is 0 Å². The number of fused-ring (bicyclic) bond motifs is 6. The lowest BCUT2D eigenvalue weighted by atomic mass is 10.1. The summed E-state index contributed by atoms with van der Waals surface area (Å²) in [5, 5.41) is 13.9. The molecule has 4 nitrogen and oxygen atoms in total. The molecule has 34 heavy (non-hydrogen) atoms. The zero-order valence-electron chi connectivity index (χ0n) is 18.1. The molecule has 0 aliphatic carbocycles. The molecule has 3 heterocycles. The van der Waals surface area contributed by atoms with Crippen LogP contribution >= 0.6 is 0 Å². The van der Waals surface area contributed by atoms with Gasteiger partial charge in [0.2, 0.25) is 0 Å². The first kappa shape index (κ1) is 18.7. The summed E-state index contributed by atoms with van der Waals surface area (Å²) in [6.45, 7) is 0. The van der Waals surface area contributed by atoms with E-state index in [2.05, 4.69) is 82.4 Å². The molecule has 0 aliphatic heterocycles. The van der Waals surface area contributed by atoms with Crippen LogP contribution in [0.5, 0.6) is 0 Å². The van der Waals surface area contributed by atoms with Gasteiger partial charge in [-0.1, -0.05) is 48.5 Å². The molecule has 7 rings (SSSR count). The second-order valence-electron chi connectivity index (χ2n) is 8.41. The lowest BCUT2D eigenvalue weighted by Gasteiger charge is -2.10. The highest BCUT2D eigenvalue weighted by molar-refractivity contribution is 6.17. The van der Waals surface area contributed by atoms with Gasteiger partial charge >= 0.3 is 0 Å². The summed E-state index contributed by atoms with van der Waals surface area (Å²) >= 11 is 0. The number of rotatable bonds is 2. The first-order valence-electron chi connectivity index (χ1n) is 11.1. The van der Waals surface area contributed by atoms with Crippen molar-refractivity contribution in [3.8, 4) is 22.9 Å². The van der Waals surface area contributed by atoms with Gasteiger partial charge in [-0.2, -0.15) is 5.26 Å². The third-order valence-corrected chi connectivity index (χ3v) is 6.48. The summed E-state index contributed by atoms with van der Waals surface area (Å²) in [6.07, 6.45) is 1.68. The Hall–Kier alpha value is -4.88. The van der Waals surface area contributed by atoms with Gasteiger partial charge < -0.3 is 8.98 Å². The molecular formula is C30H17N3O. The SMILES string of the molecule is N#Cc1cc(-c2cccc(-n3c4ccccc4c4cc5c(cc43)oc3ccccc35)c2)ccn1. The Labute approximate surface area is 194 Å². The number of hydrogen-bond donors (Lipinski definition) is 0. The number of para-hydroxylation sites is 2. The van der Waals surface area contributed by atoms with Crippen molar-refractivity contribution in [1.29, 1.82) is 5.26 Å². The fourth-order valence-electron chi connectivity index (χ4n) is 4.96. The molecular weight excluding hydrogens is 418 g/mol. The minimum Gasteiger partial charge on any atom is -0.456 e. The normalized spacial score (nSPS) is 11.5. The van der Waals surface area contributed by atoms with Crippen LogP contribution in [-0.2, 0) is 0 Å². The summed E-state index contributed by atoms with van der Waals surface area (Å²) in [4.78, 5) is 4.11. The molecule has 4 heteroatoms. The fourth-order valence-corrected chi connectivity index (χ4v) is 4.96. The molecule has 7 aromatic rings. The van der Waals surface area contributed by atoms with Crippen molar-refractivity contribution in [2.75, 3.05) is 0 Å². The maximum Gasteiger partial charge on any atom is 0.141 e. The molecule has 0 fully saturated rings. The van der Waals surface area contributed by atoms with E-state index >= 15 is 0 Å². The largest absolute Gasteiger partial charge is 0.456 e. The van der Waals surface area contributed by atoms with Gasteiger partial charge in [0.1, 0.15) is 22.9 Å². The third kappa shape index (κ3) is 2.68. The first-order chi connectivity index (χ1) is 16.8. The number of pyridine rings is 1. The van der Waals surface area contributed by atoms with Gasteiger partial charge in [-0.25, -0.2) is 4.98 Å². The van der Waals surface area contributed by atoms with Crippen LogP contribution in [0.25, 0.3) is 60.6 Å². The van der Waals surface area contributed by atoms with E-state index < -0.39 is 0 Å². The quantitative estimate of drug-likeness (QED) is 0.281. The molecule has 0 saturated carbocycles. The first-order valence-corrected chi connectivity index (χ1v) is 11.1. The van der Waals surface area contributed by atoms with Crippen molar-refractivity contribution in [1.82, 2.24) is 9.55 Å². The van der Waals surface area contributed by atoms with Gasteiger partial charge in [0, 0.05) is 39.5 Å². The monoisotopic (exact) mass is 435 g/mol. The molecule has 158 valence electrons. The Morgan fingerprint density at radius 3 is 2.38 bits per heavy atom. The fraction of sp³-hybridized carbons (Fsp3) is 0. The molecule has 0 N–H and O–H groups in total. The van der Waals surface area contributed by atoms with E-state index in [0.29, 0.717) is 5.69 Å². The molecule has 0 amide bonds. The number of aromatic nitrogens is 2. The lowest BCUT2D eigenvalue weighted by molar-refractivity contribution is 0.669. The van der Waals surface area contributed by atoms with Crippen molar-refractivity contribution in [3.05, 3.63) is 109 Å². The van der Waals surface area contributed by atoms with E-state index in [-0.39, 0.29) is 0 Å². The summed E-state index contributed by atoms with van der Waals surface area (Å²) < 4.78 is 8.50. The molecule has 0 radical (unpaired) electrons. The Balaban J connectivity index is 1.54. The zero-order valence-corrected chi connectivity index (χ0v) is 18.1. The second kappa shape index (κ2) is 7.06. The van der Waals surface area contributed by atoms with Gasteiger partial charge in [0.05, 0.1) is 11.0 Å². The molecule has 0 saturated heterocycles. The Morgan fingerprint density at radius 2 is 1.47 bits per heavy atom. The van der Waals surface area contributed by atoms with Gasteiger partial charge in [-0.05, 0) is 53.6 Å². The predicted molar refractivity (Wildman–Crippen MR) is 136 cm³/mol. The van der Waals surface area contributed by atoms with E-state index in [1.54, 1.807) is 6.20 Å². The molecule has 0 atom stereocenters. The van der Waals surface area contributed by atoms with Gasteiger partial charge in [-0.3, -0.25) is 0 Å². The predicted octanol–water partition coefficient (Wildman–Crippen LogP) is 7.62. The second-order valence-corrected chi connectivity index (χ2v) is 8.41. The van der Waals surface area contributed by atoms with Gasteiger partial charge in [0.15, 0.2) is 0 Å². The zero-order chi connectivity index (χ0) is 22.6. The minimum atomic E-state index is 0.409. The lowest BCUT2D eigenvalue weighted by Crippen LogP contribution is -1.94. The Bertz CT molecular complexity index is 1930. The summed E-state index contributed by atoms with van der Waals surface area (Å²) in [6, 6.07) is 35.3. The molecule has 0 spiro atoms. The average Bonchev–Trinajstić information content (AvgIpc) is 3.42. The Morgan fingerprint density at radius 1 is 0.647 bits per heavy atom. The molecule has 3 aromatic heterocycles. The number of hydrogen-bond acceptors (Lipinski definition) is 3. The molecule has 0 unspecified atom stereocenters. The van der Waals surface area contributed by atoms with Crippen LogP contribution in [0, 0.1) is 11.3 Å². The minimum absolute atomic E-state index is 0.409. The van der Waals surface area contributed by atoms with Crippen molar-refractivity contribution >= 4 is 43.7 Å². The maximum atomic E-state index is 9.26. The van der Waals surface area contributed by atoms with Crippen LogP contribution in [0.3, 0.4) is 0 Å². The van der Waals surface area contributed by atoms with Gasteiger partial charge in [0.25, 0.3) is 0 Å². The van der Waals surface area contributed by atoms with E-state index in [1.807, 2.05) is 30.3 Å². The van der Waals surface area contributed by atoms with Crippen molar-refractivity contribution in [2.24, 2.45) is 0 Å². The number of benzene rings is 4. The highest BCUT2D eigenvalue weighted by Gasteiger charge is 2.16. The summed E-state index contributed by atoms with van der Waals surface area (Å²) in [5.74, 6) is 0. The molecule has 4 aromatic carbocycles. The van der Waals surface area contributed by atoms with E-state index in [9.17, 15) is 5.26 Å². The smallest absolute Gasteiger partial charge is 0.141 e. The molecule has 0 aliphatic rings. The number of furan rings is 1. The standard InChI is InChI=1S/C30H17N3O/c31-18-21-14-20(12-13-32-21)19-6-5-7-22(15-19)33-27-10-3-1-8-23(27)25-16-26-24-9-2-4-11-29(24)34-30(26)17-28(25)33/h1-17H. The Kier molecular flexibility index (Phi) is 3.88. The topological polar surface area (TPSA) is 54.8 Å². The highest BCUT2D eigenvalue weighted by Crippen LogP contribution is 2.38. The number of nitriles is 1. The van der Waals surface area contributed by atoms with Crippen molar-refractivity contribution in [2.45, 2.75) is 0 Å². The third-order valence-electron chi connectivity index (χ3n) is 6.48. The highest BCUT2D eigenvalue weighted by atomic mass is 16.3. The van der Waals surface area contributed by atoms with Crippen LogP contribution in [0.4, 0.5) is 0 Å². The van der Waals surface area contributed by atoms with Crippen LogP contribution in [-0.4, -0.2) is 9.55 Å². The van der Waals surface area contributed by atoms with Crippen molar-refractivity contribution < 1.29 is 4.42 Å². The molecule has 0 bridgehead atoms.